The third kappa shape index (κ3) is 2.70. The summed E-state index contributed by atoms with van der Waals surface area (Å²) in [4.78, 5) is 22.2. The number of aromatic nitrogens is 4. The van der Waals surface area contributed by atoms with Crippen molar-refractivity contribution in [3.63, 3.8) is 0 Å². The minimum atomic E-state index is -4.26. The number of hydrogen-bond donors (Lipinski definition) is 1. The fourth-order valence-electron chi connectivity index (χ4n) is 2.36. The van der Waals surface area contributed by atoms with E-state index in [-0.39, 0.29) is 19.5 Å². The van der Waals surface area contributed by atoms with Crippen LogP contribution >= 0.6 is 11.3 Å². The van der Waals surface area contributed by atoms with Gasteiger partial charge >= 0.3 is 6.18 Å². The first-order valence-electron chi connectivity index (χ1n) is 6.55. The Morgan fingerprint density at radius 1 is 1.50 bits per heavy atom. The highest BCUT2D eigenvalue weighted by Gasteiger charge is 2.45. The van der Waals surface area contributed by atoms with Gasteiger partial charge in [0, 0.05) is 13.1 Å². The average molecular weight is 331 g/mol. The van der Waals surface area contributed by atoms with Crippen LogP contribution in [-0.4, -0.2) is 50.2 Å². The third-order valence-corrected chi connectivity index (χ3v) is 4.70. The normalized spacial score (nSPS) is 18.9. The van der Waals surface area contributed by atoms with Gasteiger partial charge in [-0.15, -0.1) is 11.3 Å². The van der Waals surface area contributed by atoms with E-state index in [0.29, 0.717) is 21.4 Å². The van der Waals surface area contributed by atoms with E-state index in [2.05, 4.69) is 20.2 Å². The van der Waals surface area contributed by atoms with Crippen LogP contribution in [0, 0.1) is 12.8 Å². The van der Waals surface area contributed by atoms with E-state index >= 15 is 0 Å². The number of carbonyl (C=O) groups excluding carboxylic acids is 1. The van der Waals surface area contributed by atoms with Gasteiger partial charge in [-0.25, -0.2) is 9.97 Å². The molecule has 0 aliphatic carbocycles. The molecule has 0 aromatic carbocycles. The van der Waals surface area contributed by atoms with Gasteiger partial charge in [-0.2, -0.15) is 18.3 Å². The molecule has 1 unspecified atom stereocenters. The topological polar surface area (TPSA) is 74.8 Å². The summed E-state index contributed by atoms with van der Waals surface area (Å²) in [6, 6.07) is 0. The second kappa shape index (κ2) is 5.34. The maximum Gasteiger partial charge on any atom is 0.393 e. The SMILES string of the molecule is Cc1nc(-c2ncn[nH]2)sc1C(=O)N1CCC(C(F)(F)F)C1. The van der Waals surface area contributed by atoms with E-state index in [1.54, 1.807) is 6.92 Å². The van der Waals surface area contributed by atoms with Crippen molar-refractivity contribution in [3.05, 3.63) is 16.9 Å². The molecule has 22 heavy (non-hydrogen) atoms. The molecule has 1 aliphatic rings. The fourth-order valence-corrected chi connectivity index (χ4v) is 3.34. The molecule has 1 atom stereocenters. The van der Waals surface area contributed by atoms with Crippen molar-refractivity contribution in [2.24, 2.45) is 5.92 Å². The first-order chi connectivity index (χ1) is 10.4. The molecule has 1 amide bonds. The maximum absolute atomic E-state index is 12.7. The number of amides is 1. The Balaban J connectivity index is 1.79. The zero-order valence-electron chi connectivity index (χ0n) is 11.5. The first kappa shape index (κ1) is 14.9. The molecule has 0 bridgehead atoms. The van der Waals surface area contributed by atoms with E-state index in [0.717, 1.165) is 11.3 Å². The molecule has 10 heteroatoms. The van der Waals surface area contributed by atoms with Crippen molar-refractivity contribution < 1.29 is 18.0 Å². The van der Waals surface area contributed by atoms with Crippen molar-refractivity contribution >= 4 is 17.2 Å². The van der Waals surface area contributed by atoms with Crippen molar-refractivity contribution in [2.75, 3.05) is 13.1 Å². The molecule has 3 rings (SSSR count). The largest absolute Gasteiger partial charge is 0.393 e. The number of nitrogens with zero attached hydrogens (tertiary/aromatic N) is 4. The molecule has 1 N–H and O–H groups in total. The van der Waals surface area contributed by atoms with Gasteiger partial charge in [-0.3, -0.25) is 9.89 Å². The van der Waals surface area contributed by atoms with E-state index < -0.39 is 18.0 Å². The lowest BCUT2D eigenvalue weighted by Gasteiger charge is -2.17. The molecule has 6 nitrogen and oxygen atoms in total. The molecule has 2 aromatic rings. The molecule has 0 radical (unpaired) electrons. The molecule has 2 aromatic heterocycles. The highest BCUT2D eigenvalue weighted by Crippen LogP contribution is 2.35. The van der Waals surface area contributed by atoms with E-state index in [1.807, 2.05) is 0 Å². The van der Waals surface area contributed by atoms with Crippen molar-refractivity contribution in [1.29, 1.82) is 0 Å². The number of aryl methyl sites for hydroxylation is 1. The van der Waals surface area contributed by atoms with Gasteiger partial charge in [0.25, 0.3) is 5.91 Å². The summed E-state index contributed by atoms with van der Waals surface area (Å²) in [6.07, 6.45) is -2.99. The molecule has 118 valence electrons. The van der Waals surface area contributed by atoms with Crippen molar-refractivity contribution in [2.45, 2.75) is 19.5 Å². The number of alkyl halides is 3. The zero-order chi connectivity index (χ0) is 15.9. The molecule has 1 saturated heterocycles. The highest BCUT2D eigenvalue weighted by atomic mass is 32.1. The van der Waals surface area contributed by atoms with Crippen LogP contribution in [0.15, 0.2) is 6.33 Å². The van der Waals surface area contributed by atoms with E-state index in [1.165, 1.54) is 11.2 Å². The van der Waals surface area contributed by atoms with Crippen LogP contribution in [0.4, 0.5) is 13.2 Å². The van der Waals surface area contributed by atoms with Gasteiger partial charge in [0.1, 0.15) is 11.2 Å². The van der Waals surface area contributed by atoms with Crippen LogP contribution < -0.4 is 0 Å². The van der Waals surface area contributed by atoms with Gasteiger partial charge < -0.3 is 4.90 Å². The van der Waals surface area contributed by atoms with Gasteiger partial charge in [-0.05, 0) is 13.3 Å². The fraction of sp³-hybridized carbons (Fsp3) is 0.500. The Morgan fingerprint density at radius 2 is 2.27 bits per heavy atom. The Labute approximate surface area is 127 Å². The zero-order valence-corrected chi connectivity index (χ0v) is 12.3. The summed E-state index contributed by atoms with van der Waals surface area (Å²) < 4.78 is 38.1. The predicted octanol–water partition coefficient (Wildman–Crippen LogP) is 2.26. The Kier molecular flexibility index (Phi) is 3.63. The number of hydrogen-bond acceptors (Lipinski definition) is 5. The molecule has 0 spiro atoms. The minimum absolute atomic E-state index is 0.0535. The third-order valence-electron chi connectivity index (χ3n) is 3.55. The number of aromatic amines is 1. The summed E-state index contributed by atoms with van der Waals surface area (Å²) in [6.45, 7) is 1.47. The Morgan fingerprint density at radius 3 is 2.86 bits per heavy atom. The number of rotatable bonds is 2. The molecule has 1 fully saturated rings. The van der Waals surface area contributed by atoms with Crippen molar-refractivity contribution in [3.8, 4) is 10.8 Å². The van der Waals surface area contributed by atoms with Crippen LogP contribution in [0.1, 0.15) is 21.8 Å². The van der Waals surface area contributed by atoms with Crippen molar-refractivity contribution in [1.82, 2.24) is 25.1 Å². The lowest BCUT2D eigenvalue weighted by atomic mass is 10.1. The number of carbonyl (C=O) groups is 1. The molecular weight excluding hydrogens is 319 g/mol. The van der Waals surface area contributed by atoms with Crippen LogP contribution in [0.2, 0.25) is 0 Å². The molecule has 1 aliphatic heterocycles. The smallest absolute Gasteiger partial charge is 0.337 e. The lowest BCUT2D eigenvalue weighted by Crippen LogP contribution is -2.31. The average Bonchev–Trinajstić information content (AvgIpc) is 3.17. The second-order valence-electron chi connectivity index (χ2n) is 5.05. The number of likely N-dealkylation sites (tertiary alicyclic amines) is 1. The number of H-pyrrole nitrogens is 1. The Bertz CT molecular complexity index is 681. The molecular formula is C12H12F3N5OS. The first-order valence-corrected chi connectivity index (χ1v) is 7.37. The second-order valence-corrected chi connectivity index (χ2v) is 6.05. The monoisotopic (exact) mass is 331 g/mol. The van der Waals surface area contributed by atoms with Crippen LogP contribution in [-0.2, 0) is 0 Å². The number of nitrogens with one attached hydrogen (secondary N) is 1. The Hall–Kier alpha value is -1.97. The molecule has 0 saturated carbocycles. The van der Waals surface area contributed by atoms with E-state index in [9.17, 15) is 18.0 Å². The summed E-state index contributed by atoms with van der Waals surface area (Å²) in [5.74, 6) is -1.42. The molecule has 3 heterocycles. The van der Waals surface area contributed by atoms with Crippen LogP contribution in [0.25, 0.3) is 10.8 Å². The summed E-state index contributed by atoms with van der Waals surface area (Å²) in [5.41, 5.74) is 0.483. The quantitative estimate of drug-likeness (QED) is 0.916. The predicted molar refractivity (Wildman–Crippen MR) is 72.3 cm³/mol. The summed E-state index contributed by atoms with van der Waals surface area (Å²) >= 11 is 1.10. The summed E-state index contributed by atoms with van der Waals surface area (Å²) in [5, 5.41) is 6.84. The maximum atomic E-state index is 12.7. The standard InChI is InChI=1S/C12H12F3N5OS/c1-6-8(22-10(18-6)9-16-5-17-19-9)11(21)20-3-2-7(4-20)12(13,14)15/h5,7H,2-4H2,1H3,(H,16,17,19). The number of halogens is 3. The minimum Gasteiger partial charge on any atom is -0.337 e. The van der Waals surface area contributed by atoms with Crippen LogP contribution in [0.3, 0.4) is 0 Å². The lowest BCUT2D eigenvalue weighted by molar-refractivity contribution is -0.169. The van der Waals surface area contributed by atoms with Gasteiger partial charge in [-0.1, -0.05) is 0 Å². The highest BCUT2D eigenvalue weighted by molar-refractivity contribution is 7.17. The van der Waals surface area contributed by atoms with Gasteiger partial charge in [0.15, 0.2) is 10.8 Å². The summed E-state index contributed by atoms with van der Waals surface area (Å²) in [7, 11) is 0. The van der Waals surface area contributed by atoms with Crippen LogP contribution in [0.5, 0.6) is 0 Å². The van der Waals surface area contributed by atoms with E-state index in [4.69, 9.17) is 0 Å². The van der Waals surface area contributed by atoms with Gasteiger partial charge in [0.05, 0.1) is 11.6 Å². The van der Waals surface area contributed by atoms with Gasteiger partial charge in [0.2, 0.25) is 0 Å². The number of thiazole rings is 1.